The lowest BCUT2D eigenvalue weighted by Crippen LogP contribution is -2.33. The number of aromatic nitrogens is 1. The number of hydrogen-bond donors (Lipinski definition) is 2. The van der Waals surface area contributed by atoms with Crippen LogP contribution in [0, 0.1) is 6.92 Å². The van der Waals surface area contributed by atoms with E-state index in [-0.39, 0.29) is 18.3 Å². The quantitative estimate of drug-likeness (QED) is 0.206. The third-order valence-electron chi connectivity index (χ3n) is 6.31. The number of hydrogen-bond acceptors (Lipinski definition) is 5. The number of rotatable bonds is 9. The monoisotopic (exact) mass is 542 g/mol. The van der Waals surface area contributed by atoms with Gasteiger partial charge in [-0.25, -0.2) is 0 Å². The van der Waals surface area contributed by atoms with Gasteiger partial charge < -0.3 is 15.2 Å². The molecule has 192 valence electrons. The smallest absolute Gasteiger partial charge is 0.246 e. The molecule has 0 aliphatic heterocycles. The summed E-state index contributed by atoms with van der Waals surface area (Å²) >= 11 is 8.27. The van der Waals surface area contributed by atoms with Crippen LogP contribution in [-0.2, 0) is 22.6 Å². The number of pyridine rings is 1. The van der Waals surface area contributed by atoms with E-state index in [2.05, 4.69) is 41.5 Å². The van der Waals surface area contributed by atoms with E-state index in [9.17, 15) is 9.90 Å². The minimum Gasteiger partial charge on any atom is -0.505 e. The lowest BCUT2D eigenvalue weighted by atomic mass is 9.95. The Morgan fingerprint density at radius 1 is 1.05 bits per heavy atom. The van der Waals surface area contributed by atoms with Crippen molar-refractivity contribution in [3.05, 3.63) is 118 Å². The second-order valence-corrected chi connectivity index (χ2v) is 10.8. The van der Waals surface area contributed by atoms with Gasteiger partial charge in [0, 0.05) is 33.3 Å². The molecule has 0 aliphatic carbocycles. The van der Waals surface area contributed by atoms with Crippen molar-refractivity contribution in [2.24, 2.45) is 0 Å². The van der Waals surface area contributed by atoms with E-state index in [1.807, 2.05) is 48.5 Å². The van der Waals surface area contributed by atoms with Gasteiger partial charge in [0.2, 0.25) is 5.91 Å². The van der Waals surface area contributed by atoms with Crippen LogP contribution in [0.25, 0.3) is 21.3 Å². The van der Waals surface area contributed by atoms with Gasteiger partial charge in [0.05, 0.1) is 17.7 Å². The van der Waals surface area contributed by atoms with Crippen LogP contribution in [0.3, 0.4) is 0 Å². The van der Waals surface area contributed by atoms with E-state index in [0.29, 0.717) is 34.5 Å². The lowest BCUT2D eigenvalue weighted by Gasteiger charge is -2.21. The first-order valence-corrected chi connectivity index (χ1v) is 13.5. The third kappa shape index (κ3) is 6.05. The molecule has 2 N–H and O–H groups in total. The van der Waals surface area contributed by atoms with E-state index in [1.165, 1.54) is 4.88 Å². The van der Waals surface area contributed by atoms with Crippen LogP contribution < -0.4 is 5.32 Å². The SMILES string of the molecule is Cc1ccc(-c2cccc(C(Cc3cc(Cl)c4cccnc4c3O)NC(=O)COCc3ccccc3)c2)s1. The Morgan fingerprint density at radius 2 is 1.89 bits per heavy atom. The van der Waals surface area contributed by atoms with Crippen LogP contribution in [0.1, 0.15) is 27.6 Å². The maximum atomic E-state index is 13.0. The molecule has 5 aromatic rings. The van der Waals surface area contributed by atoms with Crippen molar-refractivity contribution in [2.75, 3.05) is 6.61 Å². The average molecular weight is 543 g/mol. The zero-order chi connectivity index (χ0) is 26.5. The Morgan fingerprint density at radius 3 is 2.68 bits per heavy atom. The van der Waals surface area contributed by atoms with Crippen molar-refractivity contribution in [1.82, 2.24) is 10.3 Å². The van der Waals surface area contributed by atoms with Crippen molar-refractivity contribution in [2.45, 2.75) is 26.0 Å². The predicted molar refractivity (Wildman–Crippen MR) is 154 cm³/mol. The summed E-state index contributed by atoms with van der Waals surface area (Å²) in [6, 6.07) is 27.0. The zero-order valence-corrected chi connectivity index (χ0v) is 22.4. The number of aromatic hydroxyl groups is 1. The molecule has 0 bridgehead atoms. The highest BCUT2D eigenvalue weighted by Gasteiger charge is 2.20. The molecule has 0 fully saturated rings. The minimum absolute atomic E-state index is 0.0645. The first kappa shape index (κ1) is 25.9. The summed E-state index contributed by atoms with van der Waals surface area (Å²) in [5.41, 5.74) is 4.03. The van der Waals surface area contributed by atoms with Crippen molar-refractivity contribution >= 4 is 39.7 Å². The number of carbonyl (C=O) groups is 1. The van der Waals surface area contributed by atoms with Gasteiger partial charge in [0.25, 0.3) is 0 Å². The van der Waals surface area contributed by atoms with Crippen LogP contribution in [0.5, 0.6) is 5.75 Å². The van der Waals surface area contributed by atoms with Gasteiger partial charge in [0.1, 0.15) is 17.9 Å². The van der Waals surface area contributed by atoms with E-state index < -0.39 is 6.04 Å². The normalized spacial score (nSPS) is 11.9. The molecule has 3 aromatic carbocycles. The van der Waals surface area contributed by atoms with Gasteiger partial charge in [-0.1, -0.05) is 60.1 Å². The molecule has 0 aliphatic rings. The van der Waals surface area contributed by atoms with Gasteiger partial charge in [-0.3, -0.25) is 9.78 Å². The second kappa shape index (κ2) is 11.8. The Balaban J connectivity index is 1.42. The molecule has 7 heteroatoms. The van der Waals surface area contributed by atoms with Gasteiger partial charge in [-0.05, 0) is 60.0 Å². The molecule has 1 atom stereocenters. The molecule has 0 spiro atoms. The number of amides is 1. The van der Waals surface area contributed by atoms with Gasteiger partial charge in [-0.2, -0.15) is 0 Å². The fraction of sp³-hybridized carbons (Fsp3) is 0.161. The number of nitrogens with one attached hydrogen (secondary N) is 1. The second-order valence-electron chi connectivity index (χ2n) is 9.10. The van der Waals surface area contributed by atoms with Crippen molar-refractivity contribution < 1.29 is 14.6 Å². The van der Waals surface area contributed by atoms with Crippen LogP contribution in [-0.4, -0.2) is 22.6 Å². The molecule has 0 saturated heterocycles. The Labute approximate surface area is 230 Å². The first-order chi connectivity index (χ1) is 18.5. The summed E-state index contributed by atoms with van der Waals surface area (Å²) in [4.78, 5) is 19.7. The molecule has 0 radical (unpaired) electrons. The van der Waals surface area contributed by atoms with Gasteiger partial charge >= 0.3 is 0 Å². The minimum atomic E-state index is -0.424. The van der Waals surface area contributed by atoms with Crippen LogP contribution in [0.2, 0.25) is 5.02 Å². The van der Waals surface area contributed by atoms with E-state index >= 15 is 0 Å². The molecule has 1 unspecified atom stereocenters. The molecule has 5 nitrogen and oxygen atoms in total. The maximum absolute atomic E-state index is 13.0. The van der Waals surface area contributed by atoms with Crippen molar-refractivity contribution in [3.63, 3.8) is 0 Å². The fourth-order valence-corrected chi connectivity index (χ4v) is 5.58. The summed E-state index contributed by atoms with van der Waals surface area (Å²) in [6.07, 6.45) is 1.95. The summed E-state index contributed by atoms with van der Waals surface area (Å²) < 4.78 is 5.67. The molecular formula is C31H27ClN2O3S. The topological polar surface area (TPSA) is 71.5 Å². The summed E-state index contributed by atoms with van der Waals surface area (Å²) in [5, 5.41) is 15.3. The van der Waals surface area contributed by atoms with E-state index in [4.69, 9.17) is 16.3 Å². The third-order valence-corrected chi connectivity index (χ3v) is 7.67. The molecule has 5 rings (SSSR count). The zero-order valence-electron chi connectivity index (χ0n) is 20.9. The van der Waals surface area contributed by atoms with Crippen molar-refractivity contribution in [1.29, 1.82) is 0 Å². The van der Waals surface area contributed by atoms with E-state index in [1.54, 1.807) is 29.7 Å². The Bertz CT molecular complexity index is 1570. The molecule has 1 amide bonds. The number of phenolic OH excluding ortho intramolecular Hbond substituents is 1. The van der Waals surface area contributed by atoms with Crippen LogP contribution >= 0.6 is 22.9 Å². The molecule has 0 saturated carbocycles. The number of halogens is 1. The largest absolute Gasteiger partial charge is 0.505 e. The maximum Gasteiger partial charge on any atom is 0.246 e. The molecule has 2 heterocycles. The number of aryl methyl sites for hydroxylation is 1. The Kier molecular flexibility index (Phi) is 8.03. The number of thiophene rings is 1. The van der Waals surface area contributed by atoms with Gasteiger partial charge in [-0.15, -0.1) is 11.3 Å². The Hall–Kier alpha value is -3.71. The molecule has 38 heavy (non-hydrogen) atoms. The summed E-state index contributed by atoms with van der Waals surface area (Å²) in [5.74, 6) is -0.178. The molecule has 2 aromatic heterocycles. The van der Waals surface area contributed by atoms with E-state index in [0.717, 1.165) is 21.6 Å². The van der Waals surface area contributed by atoms with Crippen LogP contribution in [0.4, 0.5) is 0 Å². The number of fused-ring (bicyclic) bond motifs is 1. The number of nitrogens with zero attached hydrogens (tertiary/aromatic N) is 1. The fourth-order valence-electron chi connectivity index (χ4n) is 4.44. The van der Waals surface area contributed by atoms with Crippen LogP contribution in [0.15, 0.2) is 91.1 Å². The lowest BCUT2D eigenvalue weighted by molar-refractivity contribution is -0.126. The summed E-state index contributed by atoms with van der Waals surface area (Å²) in [6.45, 7) is 2.34. The van der Waals surface area contributed by atoms with Gasteiger partial charge in [0.15, 0.2) is 0 Å². The predicted octanol–water partition coefficient (Wildman–Crippen LogP) is 7.25. The number of ether oxygens (including phenoxy) is 1. The first-order valence-electron chi connectivity index (χ1n) is 12.3. The average Bonchev–Trinajstić information content (AvgIpc) is 3.38. The highest BCUT2D eigenvalue weighted by molar-refractivity contribution is 7.15. The highest BCUT2D eigenvalue weighted by Crippen LogP contribution is 2.36. The molecular weight excluding hydrogens is 516 g/mol. The highest BCUT2D eigenvalue weighted by atomic mass is 35.5. The standard InChI is InChI=1S/C31H27ClN2O3S/c1-20-12-13-28(38-20)23-10-5-9-22(15-23)27(34-29(35)19-37-18-21-7-3-2-4-8-21)17-24-16-26(32)25-11-6-14-33-30(25)31(24)36/h2-16,27,36H,17-19H2,1H3,(H,34,35). The number of carbonyl (C=O) groups excluding carboxylic acids is 1. The summed E-state index contributed by atoms with van der Waals surface area (Å²) in [7, 11) is 0. The van der Waals surface area contributed by atoms with Crippen molar-refractivity contribution in [3.8, 4) is 16.2 Å². The number of benzene rings is 3. The number of phenols is 1.